The molecule has 0 bridgehead atoms. The summed E-state index contributed by atoms with van der Waals surface area (Å²) in [7, 11) is 1.98. The van der Waals surface area contributed by atoms with E-state index in [1.54, 1.807) is 11.3 Å². The van der Waals surface area contributed by atoms with Crippen LogP contribution in [0.25, 0.3) is 0 Å². The molecular weight excluding hydrogens is 258 g/mol. The van der Waals surface area contributed by atoms with Gasteiger partial charge in [0.15, 0.2) is 5.13 Å². The van der Waals surface area contributed by atoms with E-state index >= 15 is 0 Å². The van der Waals surface area contributed by atoms with Gasteiger partial charge in [-0.25, -0.2) is 4.98 Å². The Morgan fingerprint density at radius 3 is 3.16 bits per heavy atom. The molecule has 1 saturated carbocycles. The standard InChI is InChI=1S/C14H23N3OS/c1-10(15-2)11-9-19-14(16-11)17-7-8-18-13-6-4-3-5-12(13)17/h9-10,12-13,15H,3-8H2,1-2H3. The third-order valence-corrected chi connectivity index (χ3v) is 5.26. The number of rotatable bonds is 3. The fourth-order valence-electron chi connectivity index (χ4n) is 3.09. The minimum absolute atomic E-state index is 0.327. The summed E-state index contributed by atoms with van der Waals surface area (Å²) in [4.78, 5) is 7.31. The lowest BCUT2D eigenvalue weighted by Crippen LogP contribution is -2.52. The molecule has 2 fully saturated rings. The molecule has 4 nitrogen and oxygen atoms in total. The quantitative estimate of drug-likeness (QED) is 0.924. The van der Waals surface area contributed by atoms with Gasteiger partial charge in [0.2, 0.25) is 0 Å². The first-order chi connectivity index (χ1) is 9.29. The van der Waals surface area contributed by atoms with Gasteiger partial charge >= 0.3 is 0 Å². The van der Waals surface area contributed by atoms with E-state index in [0.717, 1.165) is 18.8 Å². The summed E-state index contributed by atoms with van der Waals surface area (Å²) in [5, 5.41) is 6.62. The van der Waals surface area contributed by atoms with Crippen molar-refractivity contribution in [3.05, 3.63) is 11.1 Å². The van der Waals surface area contributed by atoms with E-state index in [1.807, 2.05) is 7.05 Å². The van der Waals surface area contributed by atoms with Gasteiger partial charge in [-0.15, -0.1) is 11.3 Å². The Balaban J connectivity index is 1.78. The van der Waals surface area contributed by atoms with Gasteiger partial charge in [-0.05, 0) is 26.8 Å². The van der Waals surface area contributed by atoms with Gasteiger partial charge in [0.1, 0.15) is 0 Å². The van der Waals surface area contributed by atoms with Crippen LogP contribution in [0.15, 0.2) is 5.38 Å². The summed E-state index contributed by atoms with van der Waals surface area (Å²) >= 11 is 1.77. The molecule has 1 aliphatic carbocycles. The van der Waals surface area contributed by atoms with Crippen molar-refractivity contribution in [1.82, 2.24) is 10.3 Å². The van der Waals surface area contributed by atoms with Gasteiger partial charge in [-0.3, -0.25) is 0 Å². The molecule has 0 radical (unpaired) electrons. The Bertz CT molecular complexity index is 421. The number of hydrogen-bond acceptors (Lipinski definition) is 5. The third kappa shape index (κ3) is 2.64. The number of aromatic nitrogens is 1. The summed E-state index contributed by atoms with van der Waals surface area (Å²) in [6.07, 6.45) is 5.53. The summed E-state index contributed by atoms with van der Waals surface area (Å²) in [6.45, 7) is 3.99. The molecule has 3 rings (SSSR count). The minimum Gasteiger partial charge on any atom is -0.374 e. The first kappa shape index (κ1) is 13.3. The molecule has 2 aliphatic rings. The topological polar surface area (TPSA) is 37.4 Å². The van der Waals surface area contributed by atoms with E-state index in [-0.39, 0.29) is 0 Å². The van der Waals surface area contributed by atoms with E-state index in [1.165, 1.54) is 30.8 Å². The molecule has 0 amide bonds. The predicted octanol–water partition coefficient (Wildman–Crippen LogP) is 2.57. The molecule has 106 valence electrons. The molecule has 1 aromatic heterocycles. The predicted molar refractivity (Wildman–Crippen MR) is 78.9 cm³/mol. The summed E-state index contributed by atoms with van der Waals surface area (Å²) in [5.41, 5.74) is 1.15. The summed E-state index contributed by atoms with van der Waals surface area (Å²) in [6, 6.07) is 0.875. The van der Waals surface area contributed by atoms with Crippen LogP contribution >= 0.6 is 11.3 Å². The number of hydrogen-bond donors (Lipinski definition) is 1. The maximum Gasteiger partial charge on any atom is 0.185 e. The van der Waals surface area contributed by atoms with E-state index < -0.39 is 0 Å². The SMILES string of the molecule is CNC(C)c1csc(N2CCOC3CCCCC32)n1. The van der Waals surface area contributed by atoms with Gasteiger partial charge in [-0.1, -0.05) is 12.8 Å². The zero-order valence-electron chi connectivity index (χ0n) is 11.8. The van der Waals surface area contributed by atoms with Crippen LogP contribution in [0.2, 0.25) is 0 Å². The maximum absolute atomic E-state index is 5.93. The second kappa shape index (κ2) is 5.77. The third-order valence-electron chi connectivity index (χ3n) is 4.36. The van der Waals surface area contributed by atoms with Crippen LogP contribution in [0.4, 0.5) is 5.13 Å². The number of thiazole rings is 1. The lowest BCUT2D eigenvalue weighted by molar-refractivity contribution is -0.00870. The van der Waals surface area contributed by atoms with Gasteiger partial charge in [0.05, 0.1) is 24.4 Å². The summed E-state index contributed by atoms with van der Waals surface area (Å²) in [5.74, 6) is 0. The Morgan fingerprint density at radius 1 is 1.47 bits per heavy atom. The first-order valence-electron chi connectivity index (χ1n) is 7.30. The van der Waals surface area contributed by atoms with Crippen LogP contribution in [0.3, 0.4) is 0 Å². The lowest BCUT2D eigenvalue weighted by atomic mass is 9.90. The smallest absolute Gasteiger partial charge is 0.185 e. The van der Waals surface area contributed by atoms with E-state index in [4.69, 9.17) is 9.72 Å². The minimum atomic E-state index is 0.327. The van der Waals surface area contributed by atoms with Crippen LogP contribution in [-0.2, 0) is 4.74 Å². The molecule has 1 N–H and O–H groups in total. The van der Waals surface area contributed by atoms with Crippen LogP contribution in [0.1, 0.15) is 44.3 Å². The van der Waals surface area contributed by atoms with Gasteiger partial charge < -0.3 is 15.0 Å². The molecule has 5 heteroatoms. The van der Waals surface area contributed by atoms with Gasteiger partial charge in [0, 0.05) is 18.0 Å². The van der Waals surface area contributed by atoms with Crippen molar-refractivity contribution in [1.29, 1.82) is 0 Å². The molecule has 0 spiro atoms. The molecule has 1 aliphatic heterocycles. The van der Waals surface area contributed by atoms with Crippen LogP contribution in [0.5, 0.6) is 0 Å². The van der Waals surface area contributed by atoms with Crippen LogP contribution < -0.4 is 10.2 Å². The average molecular weight is 281 g/mol. The molecule has 19 heavy (non-hydrogen) atoms. The fourth-order valence-corrected chi connectivity index (χ4v) is 4.09. The van der Waals surface area contributed by atoms with Crippen molar-refractivity contribution in [2.24, 2.45) is 0 Å². The molecule has 2 heterocycles. The highest BCUT2D eigenvalue weighted by molar-refractivity contribution is 7.13. The highest BCUT2D eigenvalue weighted by Gasteiger charge is 2.35. The Hall–Kier alpha value is -0.650. The van der Waals surface area contributed by atoms with Crippen molar-refractivity contribution in [2.75, 3.05) is 25.1 Å². The average Bonchev–Trinajstić information content (AvgIpc) is 2.95. The Kier molecular flexibility index (Phi) is 4.05. The maximum atomic E-state index is 5.93. The van der Waals surface area contributed by atoms with E-state index in [2.05, 4.69) is 22.5 Å². The monoisotopic (exact) mass is 281 g/mol. The van der Waals surface area contributed by atoms with Crippen molar-refractivity contribution in [3.8, 4) is 0 Å². The Morgan fingerprint density at radius 2 is 2.32 bits per heavy atom. The second-order valence-corrected chi connectivity index (χ2v) is 6.36. The molecule has 3 unspecified atom stereocenters. The first-order valence-corrected chi connectivity index (χ1v) is 8.18. The van der Waals surface area contributed by atoms with Crippen molar-refractivity contribution < 1.29 is 4.74 Å². The largest absolute Gasteiger partial charge is 0.374 e. The highest BCUT2D eigenvalue weighted by atomic mass is 32.1. The molecule has 1 aromatic rings. The molecule has 0 aromatic carbocycles. The van der Waals surface area contributed by atoms with Gasteiger partial charge in [-0.2, -0.15) is 0 Å². The highest BCUT2D eigenvalue weighted by Crippen LogP contribution is 2.34. The number of nitrogens with zero attached hydrogens (tertiary/aromatic N) is 2. The zero-order valence-corrected chi connectivity index (χ0v) is 12.6. The lowest BCUT2D eigenvalue weighted by Gasteiger charge is -2.43. The summed E-state index contributed by atoms with van der Waals surface area (Å²) < 4.78 is 5.93. The number of ether oxygens (including phenoxy) is 1. The number of fused-ring (bicyclic) bond motifs is 1. The molecule has 3 atom stereocenters. The van der Waals surface area contributed by atoms with E-state index in [0.29, 0.717) is 18.2 Å². The van der Waals surface area contributed by atoms with Gasteiger partial charge in [0.25, 0.3) is 0 Å². The second-order valence-electron chi connectivity index (χ2n) is 5.52. The Labute approximate surface area is 119 Å². The zero-order chi connectivity index (χ0) is 13.2. The number of anilines is 1. The number of morpholine rings is 1. The van der Waals surface area contributed by atoms with Crippen LogP contribution in [-0.4, -0.2) is 37.3 Å². The number of nitrogens with one attached hydrogen (secondary N) is 1. The molecule has 1 saturated heterocycles. The fraction of sp³-hybridized carbons (Fsp3) is 0.786. The van der Waals surface area contributed by atoms with Crippen LogP contribution in [0, 0.1) is 0 Å². The molecular formula is C14H23N3OS. The van der Waals surface area contributed by atoms with Crippen molar-refractivity contribution in [2.45, 2.75) is 50.8 Å². The van der Waals surface area contributed by atoms with Crippen molar-refractivity contribution in [3.63, 3.8) is 0 Å². The van der Waals surface area contributed by atoms with Crippen molar-refractivity contribution >= 4 is 16.5 Å². The van der Waals surface area contributed by atoms with E-state index in [9.17, 15) is 0 Å². The normalized spacial score (nSPS) is 29.1.